The van der Waals surface area contributed by atoms with Gasteiger partial charge in [0, 0.05) is 6.54 Å². The van der Waals surface area contributed by atoms with Gasteiger partial charge in [0.15, 0.2) is 0 Å². The van der Waals surface area contributed by atoms with Gasteiger partial charge in [0.2, 0.25) is 0 Å². The summed E-state index contributed by atoms with van der Waals surface area (Å²) < 4.78 is 10.7. The minimum atomic E-state index is -0.0116. The Kier molecular flexibility index (Phi) is 6.18. The van der Waals surface area contributed by atoms with Gasteiger partial charge in [0.05, 0.1) is 25.8 Å². The van der Waals surface area contributed by atoms with Gasteiger partial charge in [-0.3, -0.25) is 5.32 Å². The molecule has 1 aromatic carbocycles. The third-order valence-corrected chi connectivity index (χ3v) is 3.23. The van der Waals surface area contributed by atoms with E-state index in [-0.39, 0.29) is 6.73 Å². The predicted molar refractivity (Wildman–Crippen MR) is 70.1 cm³/mol. The standard InChI is InChI=1S/C12H19NO3S/c1-15-10-7-12(17-3)11(16-2)6-9(10)4-5-13-8-14/h6-7,13-14H,4-5,8H2,1-3H3. The fourth-order valence-electron chi connectivity index (χ4n) is 1.59. The van der Waals surface area contributed by atoms with Gasteiger partial charge in [0.25, 0.3) is 0 Å². The average molecular weight is 257 g/mol. The maximum Gasteiger partial charge on any atom is 0.132 e. The normalized spacial score (nSPS) is 10.4. The molecule has 0 amide bonds. The second-order valence-corrected chi connectivity index (χ2v) is 4.28. The molecule has 0 aliphatic carbocycles. The molecule has 1 aromatic rings. The number of hydrogen-bond acceptors (Lipinski definition) is 5. The van der Waals surface area contributed by atoms with Crippen LogP contribution in [0, 0.1) is 0 Å². The van der Waals surface area contributed by atoms with Crippen LogP contribution in [-0.4, -0.2) is 38.9 Å². The van der Waals surface area contributed by atoms with Crippen LogP contribution in [0.5, 0.6) is 11.5 Å². The van der Waals surface area contributed by atoms with Crippen LogP contribution in [0.3, 0.4) is 0 Å². The van der Waals surface area contributed by atoms with Gasteiger partial charge in [-0.05, 0) is 30.4 Å². The first-order chi connectivity index (χ1) is 8.26. The van der Waals surface area contributed by atoms with Crippen LogP contribution in [0.15, 0.2) is 17.0 Å². The van der Waals surface area contributed by atoms with Crippen LogP contribution >= 0.6 is 11.8 Å². The SMILES string of the molecule is COc1cc(SC)c(OC)cc1CCNCO. The van der Waals surface area contributed by atoms with E-state index in [4.69, 9.17) is 14.6 Å². The Bertz CT molecular complexity index is 358. The number of methoxy groups -OCH3 is 2. The maximum absolute atomic E-state index is 8.68. The van der Waals surface area contributed by atoms with E-state index in [9.17, 15) is 0 Å². The Hall–Kier alpha value is -0.910. The Balaban J connectivity index is 2.93. The third-order valence-electron chi connectivity index (χ3n) is 2.47. The molecule has 0 saturated heterocycles. The molecule has 0 aliphatic rings. The Labute approximate surface area is 106 Å². The Morgan fingerprint density at radius 1 is 1.24 bits per heavy atom. The predicted octanol–water partition coefficient (Wildman–Crippen LogP) is 1.51. The largest absolute Gasteiger partial charge is 0.496 e. The average Bonchev–Trinajstić information content (AvgIpc) is 2.38. The fraction of sp³-hybridized carbons (Fsp3) is 0.500. The Morgan fingerprint density at radius 3 is 2.47 bits per heavy atom. The van der Waals surface area contributed by atoms with Gasteiger partial charge in [0.1, 0.15) is 11.5 Å². The summed E-state index contributed by atoms with van der Waals surface area (Å²) in [5.41, 5.74) is 1.07. The van der Waals surface area contributed by atoms with Crippen molar-refractivity contribution in [2.45, 2.75) is 11.3 Å². The minimum Gasteiger partial charge on any atom is -0.496 e. The van der Waals surface area contributed by atoms with E-state index in [2.05, 4.69) is 5.32 Å². The van der Waals surface area contributed by atoms with Crippen LogP contribution in [0.1, 0.15) is 5.56 Å². The number of rotatable bonds is 7. The highest BCUT2D eigenvalue weighted by Crippen LogP contribution is 2.34. The summed E-state index contributed by atoms with van der Waals surface area (Å²) in [6.07, 6.45) is 2.79. The summed E-state index contributed by atoms with van der Waals surface area (Å²) in [5, 5.41) is 11.6. The fourth-order valence-corrected chi connectivity index (χ4v) is 2.16. The lowest BCUT2D eigenvalue weighted by molar-refractivity contribution is 0.261. The van der Waals surface area contributed by atoms with Crippen molar-refractivity contribution in [3.05, 3.63) is 17.7 Å². The molecule has 0 bridgehead atoms. The van der Waals surface area contributed by atoms with E-state index < -0.39 is 0 Å². The van der Waals surface area contributed by atoms with Gasteiger partial charge < -0.3 is 14.6 Å². The molecule has 96 valence electrons. The highest BCUT2D eigenvalue weighted by molar-refractivity contribution is 7.98. The van der Waals surface area contributed by atoms with E-state index >= 15 is 0 Å². The molecule has 0 aliphatic heterocycles. The minimum absolute atomic E-state index is 0.0116. The van der Waals surface area contributed by atoms with Gasteiger partial charge in [-0.25, -0.2) is 0 Å². The smallest absolute Gasteiger partial charge is 0.132 e. The molecule has 0 unspecified atom stereocenters. The molecular formula is C12H19NO3S. The number of benzene rings is 1. The number of aliphatic hydroxyl groups is 1. The number of aliphatic hydroxyl groups excluding tert-OH is 1. The van der Waals surface area contributed by atoms with Crippen LogP contribution in [0.25, 0.3) is 0 Å². The summed E-state index contributed by atoms with van der Waals surface area (Å²) in [5.74, 6) is 1.71. The molecule has 4 nitrogen and oxygen atoms in total. The highest BCUT2D eigenvalue weighted by atomic mass is 32.2. The van der Waals surface area contributed by atoms with Crippen LogP contribution < -0.4 is 14.8 Å². The molecular weight excluding hydrogens is 238 g/mol. The van der Waals surface area contributed by atoms with E-state index in [1.807, 2.05) is 18.4 Å². The second kappa shape index (κ2) is 7.42. The first-order valence-corrected chi connectivity index (χ1v) is 6.59. The lowest BCUT2D eigenvalue weighted by Gasteiger charge is -2.13. The van der Waals surface area contributed by atoms with Crippen molar-refractivity contribution >= 4 is 11.8 Å². The molecule has 0 heterocycles. The van der Waals surface area contributed by atoms with Gasteiger partial charge in [-0.15, -0.1) is 11.8 Å². The number of ether oxygens (including phenoxy) is 2. The van der Waals surface area contributed by atoms with Gasteiger partial charge in [-0.1, -0.05) is 0 Å². The van der Waals surface area contributed by atoms with Crippen molar-refractivity contribution in [2.75, 3.05) is 33.8 Å². The zero-order valence-electron chi connectivity index (χ0n) is 10.4. The molecule has 0 aromatic heterocycles. The molecule has 0 atom stereocenters. The molecule has 0 radical (unpaired) electrons. The monoisotopic (exact) mass is 257 g/mol. The van der Waals surface area contributed by atoms with Gasteiger partial charge >= 0.3 is 0 Å². The summed E-state index contributed by atoms with van der Waals surface area (Å²) in [7, 11) is 3.33. The summed E-state index contributed by atoms with van der Waals surface area (Å²) in [6, 6.07) is 3.97. The first kappa shape index (κ1) is 14.2. The third kappa shape index (κ3) is 3.80. The first-order valence-electron chi connectivity index (χ1n) is 5.37. The molecule has 17 heavy (non-hydrogen) atoms. The lowest BCUT2D eigenvalue weighted by Crippen LogP contribution is -2.18. The van der Waals surface area contributed by atoms with Crippen molar-refractivity contribution in [3.8, 4) is 11.5 Å². The van der Waals surface area contributed by atoms with E-state index in [0.29, 0.717) is 6.54 Å². The second-order valence-electron chi connectivity index (χ2n) is 3.43. The highest BCUT2D eigenvalue weighted by Gasteiger charge is 2.10. The van der Waals surface area contributed by atoms with Gasteiger partial charge in [-0.2, -0.15) is 0 Å². The van der Waals surface area contributed by atoms with Crippen molar-refractivity contribution in [1.29, 1.82) is 0 Å². The van der Waals surface area contributed by atoms with E-state index in [1.54, 1.807) is 26.0 Å². The molecule has 5 heteroatoms. The van der Waals surface area contributed by atoms with Crippen molar-refractivity contribution in [2.24, 2.45) is 0 Å². The lowest BCUT2D eigenvalue weighted by atomic mass is 10.1. The number of nitrogens with one attached hydrogen (secondary N) is 1. The molecule has 2 N–H and O–H groups in total. The molecule has 1 rings (SSSR count). The zero-order valence-corrected chi connectivity index (χ0v) is 11.3. The summed E-state index contributed by atoms with van der Waals surface area (Å²) in [6.45, 7) is 0.691. The van der Waals surface area contributed by atoms with Crippen molar-refractivity contribution < 1.29 is 14.6 Å². The quantitative estimate of drug-likeness (QED) is 0.440. The number of thioether (sulfide) groups is 1. The van der Waals surface area contributed by atoms with E-state index in [0.717, 1.165) is 28.4 Å². The van der Waals surface area contributed by atoms with Crippen molar-refractivity contribution in [1.82, 2.24) is 5.32 Å². The molecule has 0 saturated carbocycles. The van der Waals surface area contributed by atoms with Crippen LogP contribution in [0.4, 0.5) is 0 Å². The topological polar surface area (TPSA) is 50.7 Å². The zero-order chi connectivity index (χ0) is 12.7. The molecule has 0 fully saturated rings. The number of hydrogen-bond donors (Lipinski definition) is 2. The summed E-state index contributed by atoms with van der Waals surface area (Å²) >= 11 is 1.63. The summed E-state index contributed by atoms with van der Waals surface area (Å²) in [4.78, 5) is 1.06. The maximum atomic E-state index is 8.68. The molecule has 0 spiro atoms. The van der Waals surface area contributed by atoms with Crippen molar-refractivity contribution in [3.63, 3.8) is 0 Å². The van der Waals surface area contributed by atoms with Crippen LogP contribution in [0.2, 0.25) is 0 Å². The van der Waals surface area contributed by atoms with Crippen LogP contribution in [-0.2, 0) is 6.42 Å². The Morgan fingerprint density at radius 2 is 1.94 bits per heavy atom. The van der Waals surface area contributed by atoms with E-state index in [1.165, 1.54) is 0 Å².